The number of benzene rings is 1. The fraction of sp³-hybridized carbons (Fsp3) is 0.235. The van der Waals surface area contributed by atoms with Gasteiger partial charge in [0.2, 0.25) is 0 Å². The number of ether oxygens (including phenoxy) is 1. The predicted octanol–water partition coefficient (Wildman–Crippen LogP) is 3.01. The molecule has 0 radical (unpaired) electrons. The normalized spacial score (nSPS) is 10.4. The lowest BCUT2D eigenvalue weighted by atomic mass is 10.2. The van der Waals surface area contributed by atoms with Crippen molar-refractivity contribution in [3.8, 4) is 0 Å². The van der Waals surface area contributed by atoms with Gasteiger partial charge in [-0.3, -0.25) is 4.79 Å². The summed E-state index contributed by atoms with van der Waals surface area (Å²) in [6.07, 6.45) is 1.53. The number of esters is 1. The van der Waals surface area contributed by atoms with Gasteiger partial charge in [-0.15, -0.1) is 6.58 Å². The highest BCUT2D eigenvalue weighted by Crippen LogP contribution is 2.23. The van der Waals surface area contributed by atoms with Crippen molar-refractivity contribution in [2.24, 2.45) is 0 Å². The van der Waals surface area contributed by atoms with Crippen molar-refractivity contribution < 1.29 is 14.3 Å². The second-order valence-corrected chi connectivity index (χ2v) is 5.93. The largest absolute Gasteiger partial charge is 0.452 e. The van der Waals surface area contributed by atoms with Gasteiger partial charge in [0, 0.05) is 11.6 Å². The molecule has 0 aliphatic carbocycles. The summed E-state index contributed by atoms with van der Waals surface area (Å²) >= 11 is 12.4. The second kappa shape index (κ2) is 8.69. The van der Waals surface area contributed by atoms with E-state index in [0.717, 1.165) is 5.56 Å². The molecular weight excluding hydrogens is 365 g/mol. The number of aryl methyl sites for hydroxylation is 1. The Hall–Kier alpha value is -2.31. The molecule has 1 aromatic heterocycles. The van der Waals surface area contributed by atoms with E-state index in [1.165, 1.54) is 10.8 Å². The van der Waals surface area contributed by atoms with E-state index in [-0.39, 0.29) is 10.7 Å². The van der Waals surface area contributed by atoms with Crippen molar-refractivity contribution in [2.75, 3.05) is 13.2 Å². The number of hydrogen-bond donors (Lipinski definition) is 1. The standard InChI is InChI=1S/C17H17Cl2N3O3/c1-3-8-20-14(23)10-25-17(24)15-11(2)21-22(16(15)19)9-12-6-4-5-7-13(12)18/h3-7H,1,8-10H2,2H3,(H,20,23). The summed E-state index contributed by atoms with van der Waals surface area (Å²) in [6.45, 7) is 5.33. The monoisotopic (exact) mass is 381 g/mol. The second-order valence-electron chi connectivity index (χ2n) is 5.17. The van der Waals surface area contributed by atoms with Crippen LogP contribution in [0.2, 0.25) is 10.2 Å². The van der Waals surface area contributed by atoms with E-state index < -0.39 is 18.5 Å². The molecule has 2 aromatic rings. The third kappa shape index (κ3) is 4.84. The van der Waals surface area contributed by atoms with E-state index in [1.54, 1.807) is 13.0 Å². The minimum absolute atomic E-state index is 0.130. The quantitative estimate of drug-likeness (QED) is 0.590. The Morgan fingerprint density at radius 1 is 1.36 bits per heavy atom. The molecule has 6 nitrogen and oxygen atoms in total. The van der Waals surface area contributed by atoms with Crippen molar-refractivity contribution in [3.05, 3.63) is 63.9 Å². The van der Waals surface area contributed by atoms with Crippen LogP contribution in [0.4, 0.5) is 0 Å². The Labute approximate surface area is 155 Å². The third-order valence-corrected chi connectivity index (χ3v) is 4.08. The maximum Gasteiger partial charge on any atom is 0.343 e. The van der Waals surface area contributed by atoms with Gasteiger partial charge in [0.15, 0.2) is 6.61 Å². The molecule has 0 atom stereocenters. The molecule has 0 spiro atoms. The number of halogens is 2. The van der Waals surface area contributed by atoms with Gasteiger partial charge in [0.1, 0.15) is 10.7 Å². The first-order valence-corrected chi connectivity index (χ1v) is 8.20. The summed E-state index contributed by atoms with van der Waals surface area (Å²) in [5.41, 5.74) is 1.36. The fourth-order valence-corrected chi connectivity index (χ4v) is 2.63. The molecule has 1 aromatic carbocycles. The molecule has 0 aliphatic rings. The van der Waals surface area contributed by atoms with Crippen molar-refractivity contribution in [1.29, 1.82) is 0 Å². The number of hydrogen-bond acceptors (Lipinski definition) is 4. The van der Waals surface area contributed by atoms with Gasteiger partial charge in [0.25, 0.3) is 5.91 Å². The molecule has 0 fully saturated rings. The Morgan fingerprint density at radius 3 is 2.76 bits per heavy atom. The van der Waals surface area contributed by atoms with Gasteiger partial charge >= 0.3 is 5.97 Å². The highest BCUT2D eigenvalue weighted by molar-refractivity contribution is 6.33. The van der Waals surface area contributed by atoms with Crippen LogP contribution in [0, 0.1) is 6.92 Å². The number of carbonyl (C=O) groups excluding carboxylic acids is 2. The summed E-state index contributed by atoms with van der Waals surface area (Å²) in [4.78, 5) is 23.7. The van der Waals surface area contributed by atoms with Gasteiger partial charge in [-0.2, -0.15) is 5.10 Å². The summed E-state index contributed by atoms with van der Waals surface area (Å²) in [5.74, 6) is -1.13. The zero-order valence-corrected chi connectivity index (χ0v) is 15.1. The molecule has 0 saturated heterocycles. The van der Waals surface area contributed by atoms with Crippen molar-refractivity contribution in [1.82, 2.24) is 15.1 Å². The summed E-state index contributed by atoms with van der Waals surface area (Å²) in [7, 11) is 0. The van der Waals surface area contributed by atoms with Gasteiger partial charge < -0.3 is 10.1 Å². The van der Waals surface area contributed by atoms with E-state index in [2.05, 4.69) is 17.0 Å². The van der Waals surface area contributed by atoms with Crippen LogP contribution in [0.15, 0.2) is 36.9 Å². The van der Waals surface area contributed by atoms with E-state index in [1.807, 2.05) is 18.2 Å². The van der Waals surface area contributed by atoms with Crippen molar-refractivity contribution >= 4 is 35.1 Å². The smallest absolute Gasteiger partial charge is 0.343 e. The lowest BCUT2D eigenvalue weighted by Gasteiger charge is -2.06. The molecule has 1 heterocycles. The molecule has 8 heteroatoms. The van der Waals surface area contributed by atoms with Crippen LogP contribution in [-0.4, -0.2) is 34.8 Å². The Bertz CT molecular complexity index is 802. The number of nitrogens with one attached hydrogen (secondary N) is 1. The number of carbonyl (C=O) groups is 2. The van der Waals surface area contributed by atoms with Gasteiger partial charge in [-0.05, 0) is 18.6 Å². The van der Waals surface area contributed by atoms with Crippen LogP contribution in [0.3, 0.4) is 0 Å². The van der Waals surface area contributed by atoms with E-state index in [9.17, 15) is 9.59 Å². The average Bonchev–Trinajstić information content (AvgIpc) is 2.86. The molecule has 2 rings (SSSR count). The Kier molecular flexibility index (Phi) is 6.61. The topological polar surface area (TPSA) is 73.2 Å². The van der Waals surface area contributed by atoms with Crippen LogP contribution in [0.25, 0.3) is 0 Å². The molecule has 1 N–H and O–H groups in total. The van der Waals surface area contributed by atoms with Crippen LogP contribution < -0.4 is 5.32 Å². The van der Waals surface area contributed by atoms with Crippen LogP contribution in [0.1, 0.15) is 21.6 Å². The fourth-order valence-electron chi connectivity index (χ4n) is 2.12. The molecule has 0 unspecified atom stereocenters. The summed E-state index contributed by atoms with van der Waals surface area (Å²) in [5, 5.41) is 7.48. The maximum atomic E-state index is 12.2. The van der Waals surface area contributed by atoms with E-state index in [0.29, 0.717) is 23.8 Å². The zero-order chi connectivity index (χ0) is 18.4. The highest BCUT2D eigenvalue weighted by atomic mass is 35.5. The van der Waals surface area contributed by atoms with Crippen molar-refractivity contribution in [3.63, 3.8) is 0 Å². The number of aromatic nitrogens is 2. The average molecular weight is 382 g/mol. The van der Waals surface area contributed by atoms with Crippen LogP contribution in [-0.2, 0) is 16.1 Å². The first-order chi connectivity index (χ1) is 11.9. The maximum absolute atomic E-state index is 12.2. The molecule has 0 bridgehead atoms. The minimum atomic E-state index is -0.707. The van der Waals surface area contributed by atoms with Gasteiger partial charge in [0.05, 0.1) is 12.2 Å². The molecule has 0 aliphatic heterocycles. The minimum Gasteiger partial charge on any atom is -0.452 e. The zero-order valence-electron chi connectivity index (χ0n) is 13.6. The third-order valence-electron chi connectivity index (χ3n) is 3.33. The van der Waals surface area contributed by atoms with Crippen LogP contribution >= 0.6 is 23.2 Å². The summed E-state index contributed by atoms with van der Waals surface area (Å²) < 4.78 is 6.45. The number of nitrogens with zero attached hydrogens (tertiary/aromatic N) is 2. The number of rotatable bonds is 7. The van der Waals surface area contributed by atoms with Gasteiger partial charge in [-0.25, -0.2) is 9.48 Å². The van der Waals surface area contributed by atoms with Gasteiger partial charge in [-0.1, -0.05) is 47.5 Å². The van der Waals surface area contributed by atoms with Crippen LogP contribution in [0.5, 0.6) is 0 Å². The van der Waals surface area contributed by atoms with E-state index >= 15 is 0 Å². The molecular formula is C17H17Cl2N3O3. The summed E-state index contributed by atoms with van der Waals surface area (Å²) in [6, 6.07) is 7.28. The molecule has 1 amide bonds. The Morgan fingerprint density at radius 2 is 2.08 bits per heavy atom. The lowest BCUT2D eigenvalue weighted by Crippen LogP contribution is -2.28. The first-order valence-electron chi connectivity index (χ1n) is 7.45. The van der Waals surface area contributed by atoms with E-state index in [4.69, 9.17) is 27.9 Å². The molecule has 132 valence electrons. The lowest BCUT2D eigenvalue weighted by molar-refractivity contribution is -0.124. The highest BCUT2D eigenvalue weighted by Gasteiger charge is 2.22. The SMILES string of the molecule is C=CCNC(=O)COC(=O)c1c(C)nn(Cc2ccccc2Cl)c1Cl. The molecule has 0 saturated carbocycles. The predicted molar refractivity (Wildman–Crippen MR) is 96.0 cm³/mol. The van der Waals surface area contributed by atoms with Crippen molar-refractivity contribution in [2.45, 2.75) is 13.5 Å². The Balaban J connectivity index is 2.10. The first kappa shape index (κ1) is 19.0. The number of amides is 1. The molecule has 25 heavy (non-hydrogen) atoms.